The lowest BCUT2D eigenvalue weighted by Crippen LogP contribution is -2.44. The molecule has 0 aliphatic rings. The van der Waals surface area contributed by atoms with Gasteiger partial charge in [0.05, 0.1) is 6.61 Å². The van der Waals surface area contributed by atoms with Gasteiger partial charge in [0.2, 0.25) is 0 Å². The van der Waals surface area contributed by atoms with E-state index in [0.717, 1.165) is 0 Å². The highest BCUT2D eigenvalue weighted by Gasteiger charge is 2.19. The van der Waals surface area contributed by atoms with Crippen LogP contribution in [0.2, 0.25) is 0 Å². The van der Waals surface area contributed by atoms with Gasteiger partial charge in [0.25, 0.3) is 10.2 Å². The van der Waals surface area contributed by atoms with Gasteiger partial charge in [-0.2, -0.15) is 17.4 Å². The van der Waals surface area contributed by atoms with E-state index in [4.69, 9.17) is 5.11 Å². The van der Waals surface area contributed by atoms with Gasteiger partial charge in [-0.3, -0.25) is 0 Å². The summed E-state index contributed by atoms with van der Waals surface area (Å²) in [5.74, 6) is 0. The summed E-state index contributed by atoms with van der Waals surface area (Å²) < 4.78 is 26.4. The summed E-state index contributed by atoms with van der Waals surface area (Å²) in [5, 5.41) is 8.80. The van der Waals surface area contributed by atoms with E-state index in [1.807, 2.05) is 6.92 Å². The molecule has 6 heteroatoms. The first-order valence-electron chi connectivity index (χ1n) is 4.32. The molecule has 0 amide bonds. The number of hydrogen-bond acceptors (Lipinski definition) is 3. The van der Waals surface area contributed by atoms with Crippen LogP contribution < -0.4 is 4.72 Å². The zero-order valence-corrected chi connectivity index (χ0v) is 9.13. The Bertz CT molecular complexity index is 224. The summed E-state index contributed by atoms with van der Waals surface area (Å²) in [6.07, 6.45) is 0.577. The van der Waals surface area contributed by atoms with Crippen LogP contribution in [0.25, 0.3) is 0 Å². The number of rotatable bonds is 6. The summed E-state index contributed by atoms with van der Waals surface area (Å²) in [6, 6.07) is -0.390. The predicted molar refractivity (Wildman–Crippen MR) is 51.5 cm³/mol. The maximum absolute atomic E-state index is 11.4. The van der Waals surface area contributed by atoms with Gasteiger partial charge in [-0.1, -0.05) is 13.8 Å². The van der Waals surface area contributed by atoms with Crippen LogP contribution >= 0.6 is 0 Å². The van der Waals surface area contributed by atoms with E-state index in [0.29, 0.717) is 13.0 Å². The summed E-state index contributed by atoms with van der Waals surface area (Å²) in [4.78, 5) is 0. The van der Waals surface area contributed by atoms with Gasteiger partial charge in [0.15, 0.2) is 0 Å². The van der Waals surface area contributed by atoms with Crippen molar-refractivity contribution in [1.29, 1.82) is 0 Å². The number of aliphatic hydroxyl groups is 1. The van der Waals surface area contributed by atoms with Crippen LogP contribution in [0.4, 0.5) is 0 Å². The van der Waals surface area contributed by atoms with Gasteiger partial charge in [-0.25, -0.2) is 0 Å². The van der Waals surface area contributed by atoms with E-state index >= 15 is 0 Å². The second-order valence-corrected chi connectivity index (χ2v) is 4.63. The lowest BCUT2D eigenvalue weighted by atomic mass is 10.3. The molecule has 1 atom stereocenters. The molecule has 0 aliphatic carbocycles. The van der Waals surface area contributed by atoms with E-state index in [-0.39, 0.29) is 12.6 Å². The van der Waals surface area contributed by atoms with E-state index in [2.05, 4.69) is 4.72 Å². The minimum atomic E-state index is -3.41. The van der Waals surface area contributed by atoms with Crippen molar-refractivity contribution in [3.05, 3.63) is 0 Å². The highest BCUT2D eigenvalue weighted by molar-refractivity contribution is 7.87. The Morgan fingerprint density at radius 3 is 2.31 bits per heavy atom. The van der Waals surface area contributed by atoms with Gasteiger partial charge in [-0.05, 0) is 6.42 Å². The van der Waals surface area contributed by atoms with Gasteiger partial charge in [0, 0.05) is 19.6 Å². The summed E-state index contributed by atoms with van der Waals surface area (Å²) >= 11 is 0. The van der Waals surface area contributed by atoms with Gasteiger partial charge >= 0.3 is 0 Å². The molecule has 2 N–H and O–H groups in total. The smallest absolute Gasteiger partial charge is 0.279 e. The van der Waals surface area contributed by atoms with E-state index in [1.165, 1.54) is 11.4 Å². The fourth-order valence-electron chi connectivity index (χ4n) is 0.720. The minimum Gasteiger partial charge on any atom is -0.395 e. The van der Waals surface area contributed by atoms with Crippen molar-refractivity contribution in [3.63, 3.8) is 0 Å². The highest BCUT2D eigenvalue weighted by Crippen LogP contribution is 1.97. The summed E-state index contributed by atoms with van der Waals surface area (Å²) in [5.41, 5.74) is 0. The first-order chi connectivity index (χ1) is 5.97. The Balaban J connectivity index is 4.32. The molecule has 0 heterocycles. The van der Waals surface area contributed by atoms with E-state index in [1.54, 1.807) is 6.92 Å². The third-order valence-electron chi connectivity index (χ3n) is 1.88. The van der Waals surface area contributed by atoms with Crippen molar-refractivity contribution >= 4 is 10.2 Å². The second-order valence-electron chi connectivity index (χ2n) is 2.82. The summed E-state index contributed by atoms with van der Waals surface area (Å²) in [6.45, 7) is 3.80. The quantitative estimate of drug-likeness (QED) is 0.623. The second kappa shape index (κ2) is 5.54. The van der Waals surface area contributed by atoms with Crippen LogP contribution in [0.5, 0.6) is 0 Å². The molecule has 0 fully saturated rings. The zero-order valence-electron chi connectivity index (χ0n) is 8.32. The monoisotopic (exact) mass is 210 g/mol. The number of aliphatic hydroxyl groups excluding tert-OH is 1. The summed E-state index contributed by atoms with van der Waals surface area (Å²) in [7, 11) is -1.92. The molecule has 1 unspecified atom stereocenters. The average Bonchev–Trinajstić information content (AvgIpc) is 2.12. The van der Waals surface area contributed by atoms with Crippen LogP contribution in [-0.4, -0.2) is 44.1 Å². The average molecular weight is 210 g/mol. The Kier molecular flexibility index (Phi) is 5.46. The molecule has 13 heavy (non-hydrogen) atoms. The SMILES string of the molecule is CCC(CO)NS(=O)(=O)N(C)CC. The van der Waals surface area contributed by atoms with Gasteiger partial charge in [0.1, 0.15) is 0 Å². The van der Waals surface area contributed by atoms with Crippen molar-refractivity contribution in [1.82, 2.24) is 9.03 Å². The molecule has 0 aromatic rings. The molecule has 0 aromatic heterocycles. The Labute approximate surface area is 79.9 Å². The molecule has 0 bridgehead atoms. The number of hydrogen-bond donors (Lipinski definition) is 2. The largest absolute Gasteiger partial charge is 0.395 e. The van der Waals surface area contributed by atoms with Crippen LogP contribution in [-0.2, 0) is 10.2 Å². The molecular formula is C7H18N2O3S. The van der Waals surface area contributed by atoms with Crippen LogP contribution in [0.1, 0.15) is 20.3 Å². The predicted octanol–water partition coefficient (Wildman–Crippen LogP) is -0.457. The molecule has 0 saturated carbocycles. The minimum absolute atomic E-state index is 0.173. The highest BCUT2D eigenvalue weighted by atomic mass is 32.2. The first kappa shape index (κ1) is 12.8. The molecule has 80 valence electrons. The maximum Gasteiger partial charge on any atom is 0.279 e. The van der Waals surface area contributed by atoms with Crippen molar-refractivity contribution in [2.75, 3.05) is 20.2 Å². The van der Waals surface area contributed by atoms with E-state index < -0.39 is 10.2 Å². The van der Waals surface area contributed by atoms with Crippen molar-refractivity contribution in [2.24, 2.45) is 0 Å². The third kappa shape index (κ3) is 4.04. The van der Waals surface area contributed by atoms with Gasteiger partial charge < -0.3 is 5.11 Å². The standard InChI is InChI=1S/C7H18N2O3S/c1-4-7(6-10)8-13(11,12)9(3)5-2/h7-8,10H,4-6H2,1-3H3. The molecule has 0 radical (unpaired) electrons. The van der Waals surface area contributed by atoms with Crippen molar-refractivity contribution in [2.45, 2.75) is 26.3 Å². The molecule has 0 aromatic carbocycles. The molecule has 0 aliphatic heterocycles. The maximum atomic E-state index is 11.4. The number of nitrogens with one attached hydrogen (secondary N) is 1. The normalized spacial score (nSPS) is 14.8. The van der Waals surface area contributed by atoms with Crippen LogP contribution in [0.15, 0.2) is 0 Å². The Hall–Kier alpha value is -0.170. The molecule has 0 saturated heterocycles. The topological polar surface area (TPSA) is 69.6 Å². The van der Waals surface area contributed by atoms with Crippen molar-refractivity contribution < 1.29 is 13.5 Å². The third-order valence-corrected chi connectivity index (χ3v) is 3.59. The lowest BCUT2D eigenvalue weighted by Gasteiger charge is -2.19. The fraction of sp³-hybridized carbons (Fsp3) is 1.00. The lowest BCUT2D eigenvalue weighted by molar-refractivity contribution is 0.252. The molecule has 5 nitrogen and oxygen atoms in total. The molecule has 0 rings (SSSR count). The number of nitrogens with zero attached hydrogens (tertiary/aromatic N) is 1. The van der Waals surface area contributed by atoms with Crippen LogP contribution in [0, 0.1) is 0 Å². The fourth-order valence-corrected chi connectivity index (χ4v) is 1.90. The van der Waals surface area contributed by atoms with E-state index in [9.17, 15) is 8.42 Å². The Morgan fingerprint density at radius 1 is 1.46 bits per heavy atom. The first-order valence-corrected chi connectivity index (χ1v) is 5.76. The molecular weight excluding hydrogens is 192 g/mol. The molecule has 0 spiro atoms. The van der Waals surface area contributed by atoms with Gasteiger partial charge in [-0.15, -0.1) is 0 Å². The van der Waals surface area contributed by atoms with Crippen LogP contribution in [0.3, 0.4) is 0 Å². The zero-order chi connectivity index (χ0) is 10.5. The Morgan fingerprint density at radius 2 is 2.00 bits per heavy atom. The van der Waals surface area contributed by atoms with Crippen molar-refractivity contribution in [3.8, 4) is 0 Å².